The molecule has 0 saturated heterocycles. The number of aryl methyl sites for hydroxylation is 1. The van der Waals surface area contributed by atoms with Crippen molar-refractivity contribution in [1.29, 1.82) is 0 Å². The third kappa shape index (κ3) is 4.81. The summed E-state index contributed by atoms with van der Waals surface area (Å²) < 4.78 is 16.7. The number of carbonyl (C=O) groups excluding carboxylic acids is 1. The number of hydrogen-bond acceptors (Lipinski definition) is 4. The van der Waals surface area contributed by atoms with Gasteiger partial charge in [-0.3, -0.25) is 0 Å². The van der Waals surface area contributed by atoms with Crippen LogP contribution in [0.1, 0.15) is 11.1 Å². The average Bonchev–Trinajstić information content (AvgIpc) is 2.65. The van der Waals surface area contributed by atoms with Gasteiger partial charge in [-0.2, -0.15) is 0 Å². The summed E-state index contributed by atoms with van der Waals surface area (Å²) in [4.78, 5) is 13.8. The zero-order valence-corrected chi connectivity index (χ0v) is 15.2. The lowest BCUT2D eigenvalue weighted by Crippen LogP contribution is -2.38. The van der Waals surface area contributed by atoms with E-state index in [0.29, 0.717) is 32.9 Å². The van der Waals surface area contributed by atoms with E-state index in [1.54, 1.807) is 11.9 Å². The average molecular weight is 356 g/mol. The highest BCUT2D eigenvalue weighted by atomic mass is 16.6. The molecule has 138 valence electrons. The van der Waals surface area contributed by atoms with Crippen molar-refractivity contribution in [3.63, 3.8) is 0 Å². The molecule has 3 rings (SSSR count). The van der Waals surface area contributed by atoms with Crippen LogP contribution in [0.25, 0.3) is 0 Å². The molecule has 0 spiro atoms. The van der Waals surface area contributed by atoms with Crippen LogP contribution in [0.4, 0.5) is 4.79 Å². The number of rotatable bonds is 6. The number of amides is 2. The quantitative estimate of drug-likeness (QED) is 0.809. The SMILES string of the molecule is Cc1cccc(OCCNC(=O)N(C)Cc2ccc3c(c2)OCCO3)c1. The molecule has 0 unspecified atom stereocenters. The van der Waals surface area contributed by atoms with Gasteiger partial charge in [0.1, 0.15) is 25.6 Å². The van der Waals surface area contributed by atoms with Crippen molar-refractivity contribution in [2.45, 2.75) is 13.5 Å². The summed E-state index contributed by atoms with van der Waals surface area (Å²) in [6.07, 6.45) is 0. The van der Waals surface area contributed by atoms with Gasteiger partial charge in [-0.25, -0.2) is 4.79 Å². The normalized spacial score (nSPS) is 12.4. The Kier molecular flexibility index (Phi) is 5.84. The first-order valence-electron chi connectivity index (χ1n) is 8.69. The molecular weight excluding hydrogens is 332 g/mol. The molecule has 0 bridgehead atoms. The molecule has 2 amide bonds. The second-order valence-electron chi connectivity index (χ2n) is 6.23. The lowest BCUT2D eigenvalue weighted by atomic mass is 10.2. The monoisotopic (exact) mass is 356 g/mol. The first kappa shape index (κ1) is 17.9. The van der Waals surface area contributed by atoms with E-state index >= 15 is 0 Å². The summed E-state index contributed by atoms with van der Waals surface area (Å²) in [5, 5.41) is 2.86. The minimum Gasteiger partial charge on any atom is -0.492 e. The van der Waals surface area contributed by atoms with Crippen molar-refractivity contribution in [1.82, 2.24) is 10.2 Å². The van der Waals surface area contributed by atoms with E-state index in [4.69, 9.17) is 14.2 Å². The molecule has 1 N–H and O–H groups in total. The molecule has 0 aromatic heterocycles. The van der Waals surface area contributed by atoms with Crippen molar-refractivity contribution in [3.8, 4) is 17.2 Å². The maximum Gasteiger partial charge on any atom is 0.317 e. The van der Waals surface area contributed by atoms with Crippen LogP contribution in [0, 0.1) is 6.92 Å². The van der Waals surface area contributed by atoms with Gasteiger partial charge in [-0.1, -0.05) is 18.2 Å². The highest BCUT2D eigenvalue weighted by Crippen LogP contribution is 2.31. The number of ether oxygens (including phenoxy) is 3. The summed E-state index contributed by atoms with van der Waals surface area (Å²) in [6, 6.07) is 13.4. The Balaban J connectivity index is 1.43. The number of fused-ring (bicyclic) bond motifs is 1. The summed E-state index contributed by atoms with van der Waals surface area (Å²) in [6.45, 7) is 4.49. The standard InChI is InChI=1S/C20H24N2O4/c1-15-4-3-5-17(12-15)24-9-8-21-20(23)22(2)14-16-6-7-18-19(13-16)26-11-10-25-18/h3-7,12-13H,8-11,14H2,1-2H3,(H,21,23). The van der Waals surface area contributed by atoms with E-state index in [1.807, 2.05) is 49.4 Å². The van der Waals surface area contributed by atoms with E-state index in [9.17, 15) is 4.79 Å². The van der Waals surface area contributed by atoms with Crippen LogP contribution >= 0.6 is 0 Å². The van der Waals surface area contributed by atoms with Crippen molar-refractivity contribution >= 4 is 6.03 Å². The Bertz CT molecular complexity index is 763. The van der Waals surface area contributed by atoms with Crippen LogP contribution in [0.2, 0.25) is 0 Å². The summed E-state index contributed by atoms with van der Waals surface area (Å²) >= 11 is 0. The van der Waals surface area contributed by atoms with E-state index in [0.717, 1.165) is 28.4 Å². The van der Waals surface area contributed by atoms with Crippen LogP contribution < -0.4 is 19.5 Å². The van der Waals surface area contributed by atoms with E-state index in [2.05, 4.69) is 5.32 Å². The topological polar surface area (TPSA) is 60.0 Å². The van der Waals surface area contributed by atoms with Gasteiger partial charge in [0.25, 0.3) is 0 Å². The van der Waals surface area contributed by atoms with Gasteiger partial charge in [-0.15, -0.1) is 0 Å². The van der Waals surface area contributed by atoms with Crippen LogP contribution in [0.3, 0.4) is 0 Å². The Hall–Kier alpha value is -2.89. The number of hydrogen-bond donors (Lipinski definition) is 1. The molecule has 2 aromatic rings. The lowest BCUT2D eigenvalue weighted by molar-refractivity contribution is 0.171. The fourth-order valence-corrected chi connectivity index (χ4v) is 2.70. The highest BCUT2D eigenvalue weighted by molar-refractivity contribution is 5.73. The van der Waals surface area contributed by atoms with E-state index < -0.39 is 0 Å². The second kappa shape index (κ2) is 8.47. The fourth-order valence-electron chi connectivity index (χ4n) is 2.70. The van der Waals surface area contributed by atoms with Gasteiger partial charge < -0.3 is 24.4 Å². The van der Waals surface area contributed by atoms with Crippen molar-refractivity contribution in [2.24, 2.45) is 0 Å². The summed E-state index contributed by atoms with van der Waals surface area (Å²) in [5.41, 5.74) is 2.13. The number of urea groups is 1. The predicted octanol–water partition coefficient (Wildman–Crippen LogP) is 2.99. The first-order valence-corrected chi connectivity index (χ1v) is 8.69. The maximum absolute atomic E-state index is 12.2. The molecule has 0 radical (unpaired) electrons. The number of benzene rings is 2. The molecule has 0 fully saturated rings. The van der Waals surface area contributed by atoms with Gasteiger partial charge in [-0.05, 0) is 42.3 Å². The summed E-state index contributed by atoms with van der Waals surface area (Å²) in [7, 11) is 1.76. The van der Waals surface area contributed by atoms with Gasteiger partial charge in [0.05, 0.1) is 6.54 Å². The Morgan fingerprint density at radius 1 is 1.15 bits per heavy atom. The van der Waals surface area contributed by atoms with E-state index in [-0.39, 0.29) is 6.03 Å². The molecular formula is C20H24N2O4. The van der Waals surface area contributed by atoms with Gasteiger partial charge in [0, 0.05) is 13.6 Å². The number of nitrogens with zero attached hydrogens (tertiary/aromatic N) is 1. The number of carbonyl (C=O) groups is 1. The molecule has 6 heteroatoms. The second-order valence-corrected chi connectivity index (χ2v) is 6.23. The molecule has 0 aliphatic carbocycles. The van der Waals surface area contributed by atoms with Crippen molar-refractivity contribution in [2.75, 3.05) is 33.4 Å². The zero-order valence-electron chi connectivity index (χ0n) is 15.2. The molecule has 6 nitrogen and oxygen atoms in total. The minimum atomic E-state index is -0.146. The minimum absolute atomic E-state index is 0.146. The third-order valence-corrected chi connectivity index (χ3v) is 4.01. The fraction of sp³-hybridized carbons (Fsp3) is 0.350. The van der Waals surface area contributed by atoms with Crippen LogP contribution in [0.15, 0.2) is 42.5 Å². The molecule has 0 atom stereocenters. The zero-order chi connectivity index (χ0) is 18.4. The largest absolute Gasteiger partial charge is 0.492 e. The number of nitrogens with one attached hydrogen (secondary N) is 1. The first-order chi connectivity index (χ1) is 12.6. The smallest absolute Gasteiger partial charge is 0.317 e. The maximum atomic E-state index is 12.2. The third-order valence-electron chi connectivity index (χ3n) is 4.01. The molecule has 1 aliphatic rings. The molecule has 1 aliphatic heterocycles. The van der Waals surface area contributed by atoms with E-state index in [1.165, 1.54) is 0 Å². The van der Waals surface area contributed by atoms with Crippen LogP contribution in [0.5, 0.6) is 17.2 Å². The predicted molar refractivity (Wildman–Crippen MR) is 99.0 cm³/mol. The molecule has 2 aromatic carbocycles. The van der Waals surface area contributed by atoms with Crippen LogP contribution in [-0.4, -0.2) is 44.3 Å². The molecule has 1 heterocycles. The van der Waals surface area contributed by atoms with Gasteiger partial charge in [0.2, 0.25) is 0 Å². The van der Waals surface area contributed by atoms with Crippen molar-refractivity contribution < 1.29 is 19.0 Å². The summed E-state index contributed by atoms with van der Waals surface area (Å²) in [5.74, 6) is 2.29. The van der Waals surface area contributed by atoms with Crippen LogP contribution in [-0.2, 0) is 6.54 Å². The lowest BCUT2D eigenvalue weighted by Gasteiger charge is -2.21. The Morgan fingerprint density at radius 2 is 1.96 bits per heavy atom. The van der Waals surface area contributed by atoms with Gasteiger partial charge in [0.15, 0.2) is 11.5 Å². The highest BCUT2D eigenvalue weighted by Gasteiger charge is 2.14. The van der Waals surface area contributed by atoms with Crippen molar-refractivity contribution in [3.05, 3.63) is 53.6 Å². The van der Waals surface area contributed by atoms with Gasteiger partial charge >= 0.3 is 6.03 Å². The molecule has 0 saturated carbocycles. The molecule has 26 heavy (non-hydrogen) atoms. The Morgan fingerprint density at radius 3 is 2.77 bits per heavy atom. The Labute approximate surface area is 153 Å².